The molecule has 1 N–H and O–H groups in total. The Morgan fingerprint density at radius 3 is 2.53 bits per heavy atom. The van der Waals surface area contributed by atoms with Crippen LogP contribution >= 0.6 is 0 Å². The summed E-state index contributed by atoms with van der Waals surface area (Å²) < 4.78 is 5.37. The summed E-state index contributed by atoms with van der Waals surface area (Å²) in [7, 11) is 0. The highest BCUT2D eigenvalue weighted by atomic mass is 16.7. The van der Waals surface area contributed by atoms with Crippen molar-refractivity contribution in [3.05, 3.63) is 35.9 Å². The van der Waals surface area contributed by atoms with Gasteiger partial charge in [-0.3, -0.25) is 24.2 Å². The monoisotopic (exact) mass is 502 g/mol. The molecule has 11 nitrogen and oxygen atoms in total. The predicted molar refractivity (Wildman–Crippen MR) is 127 cm³/mol. The van der Waals surface area contributed by atoms with E-state index in [9.17, 15) is 19.2 Å². The lowest BCUT2D eigenvalue weighted by Gasteiger charge is -2.29. The number of likely N-dealkylation sites (tertiary alicyclic amines) is 1. The first-order valence-electron chi connectivity index (χ1n) is 12.3. The molecule has 3 heterocycles. The number of nitrogens with one attached hydrogen (secondary N) is 1. The van der Waals surface area contributed by atoms with Crippen LogP contribution in [-0.4, -0.2) is 82.1 Å². The average Bonchev–Trinajstić information content (AvgIpc) is 3.41. The number of hydrogen-bond acceptors (Lipinski definition) is 7. The maximum Gasteiger partial charge on any atom is 0.410 e. The second-order valence-corrected chi connectivity index (χ2v) is 10.3. The van der Waals surface area contributed by atoms with Crippen molar-refractivity contribution in [2.75, 3.05) is 19.7 Å². The highest BCUT2D eigenvalue weighted by Crippen LogP contribution is 2.31. The number of rotatable bonds is 8. The quantitative estimate of drug-likeness (QED) is 0.543. The average molecular weight is 503 g/mol. The van der Waals surface area contributed by atoms with Gasteiger partial charge in [-0.25, -0.2) is 15.1 Å². The Morgan fingerprint density at radius 1 is 1.06 bits per heavy atom. The van der Waals surface area contributed by atoms with Gasteiger partial charge in [0.1, 0.15) is 24.9 Å². The van der Waals surface area contributed by atoms with Gasteiger partial charge in [-0.05, 0) is 52.0 Å². The van der Waals surface area contributed by atoms with E-state index in [4.69, 9.17) is 14.4 Å². The molecule has 1 aromatic rings. The van der Waals surface area contributed by atoms with Gasteiger partial charge in [0.2, 0.25) is 0 Å². The lowest BCUT2D eigenvalue weighted by molar-refractivity contribution is -0.143. The summed E-state index contributed by atoms with van der Waals surface area (Å²) in [6, 6.07) is 7.76. The third-order valence-corrected chi connectivity index (χ3v) is 6.48. The van der Waals surface area contributed by atoms with E-state index in [1.54, 1.807) is 20.8 Å². The van der Waals surface area contributed by atoms with Crippen LogP contribution in [0, 0.1) is 0 Å². The van der Waals surface area contributed by atoms with Gasteiger partial charge < -0.3 is 9.64 Å². The molecule has 0 unspecified atom stereocenters. The number of carbonyl (C=O) groups excluding carboxylic acids is 4. The molecule has 3 aliphatic heterocycles. The van der Waals surface area contributed by atoms with Crippen molar-refractivity contribution in [2.24, 2.45) is 0 Å². The maximum atomic E-state index is 12.9. The minimum absolute atomic E-state index is 0.105. The standard InChI is InChI=1S/C25H34N4O7/c1-25(2,3)36-24(33)27-13-7-10-20(27)22(31)26-34-16-21(30)19-12-11-18-14-28(19)23(32)29(18)35-15-17-8-5-4-6-9-17/h4-6,8-9,18-20H,7,10-16H2,1-3H3,(H,26,31)/t18-,19+,20+/m1/s1. The summed E-state index contributed by atoms with van der Waals surface area (Å²) in [5.74, 6) is -0.810. The van der Waals surface area contributed by atoms with Crippen molar-refractivity contribution in [3.8, 4) is 0 Å². The SMILES string of the molecule is CC(C)(C)OC(=O)N1CCC[C@H]1C(=O)NOCC(=O)[C@@H]1CC[C@@H]2CN1C(=O)N2OCc1ccccc1. The van der Waals surface area contributed by atoms with Gasteiger partial charge in [-0.15, -0.1) is 0 Å². The molecule has 0 aromatic heterocycles. The van der Waals surface area contributed by atoms with E-state index in [2.05, 4.69) is 5.48 Å². The van der Waals surface area contributed by atoms with Gasteiger partial charge in [0, 0.05) is 13.1 Å². The number of ketones is 1. The predicted octanol–water partition coefficient (Wildman–Crippen LogP) is 2.40. The molecule has 3 fully saturated rings. The number of hydrogen-bond donors (Lipinski definition) is 1. The molecule has 2 bridgehead atoms. The van der Waals surface area contributed by atoms with E-state index >= 15 is 0 Å². The van der Waals surface area contributed by atoms with Crippen LogP contribution in [0.5, 0.6) is 0 Å². The van der Waals surface area contributed by atoms with Crippen molar-refractivity contribution < 1.29 is 33.6 Å². The van der Waals surface area contributed by atoms with E-state index in [1.165, 1.54) is 14.9 Å². The first kappa shape index (κ1) is 25.9. The zero-order valence-corrected chi connectivity index (χ0v) is 21.0. The molecule has 36 heavy (non-hydrogen) atoms. The lowest BCUT2D eigenvalue weighted by Crippen LogP contribution is -2.49. The lowest BCUT2D eigenvalue weighted by atomic mass is 9.98. The van der Waals surface area contributed by atoms with Crippen LogP contribution in [0.15, 0.2) is 30.3 Å². The molecule has 3 atom stereocenters. The summed E-state index contributed by atoms with van der Waals surface area (Å²) in [6.07, 6.45) is 1.71. The summed E-state index contributed by atoms with van der Waals surface area (Å²) in [5.41, 5.74) is 2.58. The minimum atomic E-state index is -0.721. The van der Waals surface area contributed by atoms with E-state index in [0.29, 0.717) is 38.8 Å². The van der Waals surface area contributed by atoms with E-state index < -0.39 is 29.7 Å². The Hall–Kier alpha value is -3.18. The highest BCUT2D eigenvalue weighted by Gasteiger charge is 2.47. The van der Waals surface area contributed by atoms with Crippen molar-refractivity contribution >= 4 is 23.8 Å². The number of nitrogens with zero attached hydrogens (tertiary/aromatic N) is 3. The first-order valence-corrected chi connectivity index (χ1v) is 12.3. The van der Waals surface area contributed by atoms with E-state index in [0.717, 1.165) is 5.56 Å². The van der Waals surface area contributed by atoms with Crippen molar-refractivity contribution in [2.45, 2.75) is 76.8 Å². The number of piperidine rings is 1. The molecular formula is C25H34N4O7. The summed E-state index contributed by atoms with van der Waals surface area (Å²) >= 11 is 0. The molecule has 11 heteroatoms. The largest absolute Gasteiger partial charge is 0.444 e. The summed E-state index contributed by atoms with van der Waals surface area (Å²) in [4.78, 5) is 64.6. The number of benzene rings is 1. The molecule has 0 aliphatic carbocycles. The number of hydroxylamine groups is 3. The van der Waals surface area contributed by atoms with Gasteiger partial charge in [0.05, 0.1) is 12.1 Å². The Morgan fingerprint density at radius 2 is 1.81 bits per heavy atom. The smallest absolute Gasteiger partial charge is 0.410 e. The van der Waals surface area contributed by atoms with E-state index in [1.807, 2.05) is 30.3 Å². The molecular weight excluding hydrogens is 468 g/mol. The minimum Gasteiger partial charge on any atom is -0.444 e. The molecule has 1 aromatic carbocycles. The molecule has 0 spiro atoms. The van der Waals surface area contributed by atoms with Gasteiger partial charge in [-0.2, -0.15) is 5.06 Å². The number of fused-ring (bicyclic) bond motifs is 2. The number of urea groups is 1. The fraction of sp³-hybridized carbons (Fsp3) is 0.600. The van der Waals surface area contributed by atoms with Crippen molar-refractivity contribution in [1.29, 1.82) is 0 Å². The van der Waals surface area contributed by atoms with Gasteiger partial charge in [0.25, 0.3) is 5.91 Å². The zero-order chi connectivity index (χ0) is 25.9. The number of Topliss-reactive ketones (excluding diaryl/α,β-unsaturated/α-hetero) is 1. The van der Waals surface area contributed by atoms with Gasteiger partial charge in [-0.1, -0.05) is 30.3 Å². The van der Waals surface area contributed by atoms with Crippen LogP contribution in [0.2, 0.25) is 0 Å². The van der Waals surface area contributed by atoms with Crippen LogP contribution < -0.4 is 5.48 Å². The zero-order valence-electron chi connectivity index (χ0n) is 21.0. The third kappa shape index (κ3) is 5.96. The normalized spacial score (nSPS) is 23.7. The van der Waals surface area contributed by atoms with Crippen molar-refractivity contribution in [3.63, 3.8) is 0 Å². The fourth-order valence-corrected chi connectivity index (χ4v) is 4.77. The van der Waals surface area contributed by atoms with Crippen LogP contribution in [0.4, 0.5) is 9.59 Å². The highest BCUT2D eigenvalue weighted by molar-refractivity contribution is 5.91. The molecule has 4 rings (SSSR count). The van der Waals surface area contributed by atoms with Crippen LogP contribution in [0.1, 0.15) is 52.0 Å². The topological polar surface area (TPSA) is 118 Å². The van der Waals surface area contributed by atoms with Crippen LogP contribution in [0.25, 0.3) is 0 Å². The Balaban J connectivity index is 1.24. The fourth-order valence-electron chi connectivity index (χ4n) is 4.77. The molecule has 3 aliphatic rings. The summed E-state index contributed by atoms with van der Waals surface area (Å²) in [5, 5.41) is 1.37. The third-order valence-electron chi connectivity index (χ3n) is 6.48. The van der Waals surface area contributed by atoms with Crippen LogP contribution in [-0.2, 0) is 30.6 Å². The van der Waals surface area contributed by atoms with E-state index in [-0.39, 0.29) is 31.1 Å². The second-order valence-electron chi connectivity index (χ2n) is 10.3. The first-order chi connectivity index (χ1) is 17.1. The van der Waals surface area contributed by atoms with Gasteiger partial charge >= 0.3 is 12.1 Å². The maximum absolute atomic E-state index is 12.9. The molecule has 3 saturated heterocycles. The second kappa shape index (κ2) is 10.8. The number of carbonyl (C=O) groups is 4. The van der Waals surface area contributed by atoms with Crippen molar-refractivity contribution in [1.82, 2.24) is 20.3 Å². The molecule has 0 radical (unpaired) electrons. The molecule has 4 amide bonds. The summed E-state index contributed by atoms with van der Waals surface area (Å²) in [6.45, 7) is 5.99. The Labute approximate surface area is 210 Å². The Kier molecular flexibility index (Phi) is 7.79. The number of ether oxygens (including phenoxy) is 1. The molecule has 196 valence electrons. The van der Waals surface area contributed by atoms with Gasteiger partial charge in [0.15, 0.2) is 5.78 Å². The molecule has 0 saturated carbocycles. The van der Waals surface area contributed by atoms with Crippen LogP contribution in [0.3, 0.4) is 0 Å². The Bertz CT molecular complexity index is 980. The number of amides is 4.